The first-order valence-electron chi connectivity index (χ1n) is 9.57. The van der Waals surface area contributed by atoms with Crippen molar-refractivity contribution in [1.82, 2.24) is 0 Å². The fraction of sp³-hybridized carbons (Fsp3) is 0.435. The third kappa shape index (κ3) is 3.77. The standard InChI is InChI=1S/C23H29NO2/c1-16(2)26-21-11-10-20(15-18(21)4)24-22(25)23(12-5-6-13-23)19-9-7-8-17(3)14-19/h7-11,14-16H,5-6,12-13H2,1-4H3,(H,24,25). The fourth-order valence-electron chi connectivity index (χ4n) is 3.93. The Hall–Kier alpha value is -2.29. The molecule has 1 fully saturated rings. The van der Waals surface area contributed by atoms with Crippen LogP contribution in [0.4, 0.5) is 5.69 Å². The van der Waals surface area contributed by atoms with Gasteiger partial charge in [0.25, 0.3) is 0 Å². The number of nitrogens with one attached hydrogen (secondary N) is 1. The average molecular weight is 351 g/mol. The van der Waals surface area contributed by atoms with Crippen LogP contribution in [0.1, 0.15) is 56.2 Å². The summed E-state index contributed by atoms with van der Waals surface area (Å²) in [6.45, 7) is 8.13. The summed E-state index contributed by atoms with van der Waals surface area (Å²) in [5, 5.41) is 3.17. The van der Waals surface area contributed by atoms with Gasteiger partial charge in [-0.2, -0.15) is 0 Å². The molecule has 1 aliphatic carbocycles. The average Bonchev–Trinajstić information content (AvgIpc) is 3.08. The summed E-state index contributed by atoms with van der Waals surface area (Å²) in [4.78, 5) is 13.3. The molecule has 138 valence electrons. The van der Waals surface area contributed by atoms with Crippen molar-refractivity contribution >= 4 is 11.6 Å². The molecule has 1 aliphatic rings. The predicted octanol–water partition coefficient (Wildman–Crippen LogP) is 5.54. The summed E-state index contributed by atoms with van der Waals surface area (Å²) in [5.41, 5.74) is 3.80. The molecule has 3 nitrogen and oxygen atoms in total. The fourth-order valence-corrected chi connectivity index (χ4v) is 3.93. The molecule has 1 amide bonds. The van der Waals surface area contributed by atoms with Crippen LogP contribution < -0.4 is 10.1 Å². The van der Waals surface area contributed by atoms with E-state index in [4.69, 9.17) is 4.74 Å². The minimum absolute atomic E-state index is 0.109. The third-order valence-corrected chi connectivity index (χ3v) is 5.26. The number of carbonyl (C=O) groups is 1. The summed E-state index contributed by atoms with van der Waals surface area (Å²) >= 11 is 0. The van der Waals surface area contributed by atoms with E-state index >= 15 is 0 Å². The zero-order valence-electron chi connectivity index (χ0n) is 16.3. The molecule has 3 rings (SSSR count). The van der Waals surface area contributed by atoms with Crippen LogP contribution in [0.2, 0.25) is 0 Å². The molecule has 0 spiro atoms. The Bertz CT molecular complexity index is 789. The maximum atomic E-state index is 13.3. The second-order valence-corrected chi connectivity index (χ2v) is 7.76. The lowest BCUT2D eigenvalue weighted by atomic mass is 9.77. The van der Waals surface area contributed by atoms with Crippen molar-refractivity contribution in [2.45, 2.75) is 64.9 Å². The molecule has 0 saturated heterocycles. The van der Waals surface area contributed by atoms with Gasteiger partial charge in [-0.15, -0.1) is 0 Å². The minimum atomic E-state index is -0.410. The predicted molar refractivity (Wildman–Crippen MR) is 107 cm³/mol. The number of anilines is 1. The second-order valence-electron chi connectivity index (χ2n) is 7.76. The van der Waals surface area contributed by atoms with E-state index in [2.05, 4.69) is 36.5 Å². The van der Waals surface area contributed by atoms with E-state index in [-0.39, 0.29) is 12.0 Å². The van der Waals surface area contributed by atoms with E-state index in [9.17, 15) is 4.79 Å². The molecule has 0 bridgehead atoms. The summed E-state index contributed by atoms with van der Waals surface area (Å²) in [6.07, 6.45) is 4.16. The zero-order valence-corrected chi connectivity index (χ0v) is 16.3. The number of benzene rings is 2. The van der Waals surface area contributed by atoms with E-state index in [0.29, 0.717) is 0 Å². The molecule has 0 radical (unpaired) electrons. The summed E-state index contributed by atoms with van der Waals surface area (Å²) in [5.74, 6) is 0.977. The van der Waals surface area contributed by atoms with Gasteiger partial charge in [-0.25, -0.2) is 0 Å². The Morgan fingerprint density at radius 3 is 2.42 bits per heavy atom. The molecule has 1 N–H and O–H groups in total. The monoisotopic (exact) mass is 351 g/mol. The maximum Gasteiger partial charge on any atom is 0.235 e. The highest BCUT2D eigenvalue weighted by atomic mass is 16.5. The molecule has 0 aliphatic heterocycles. The Kier molecular flexibility index (Phi) is 5.36. The Balaban J connectivity index is 1.84. The van der Waals surface area contributed by atoms with Gasteiger partial charge in [0, 0.05) is 5.69 Å². The van der Waals surface area contributed by atoms with Gasteiger partial charge in [0.15, 0.2) is 0 Å². The third-order valence-electron chi connectivity index (χ3n) is 5.26. The van der Waals surface area contributed by atoms with Crippen molar-refractivity contribution in [1.29, 1.82) is 0 Å². The van der Waals surface area contributed by atoms with E-state index in [1.807, 2.05) is 39.0 Å². The number of rotatable bonds is 5. The van der Waals surface area contributed by atoms with Gasteiger partial charge in [0.1, 0.15) is 5.75 Å². The smallest absolute Gasteiger partial charge is 0.235 e. The van der Waals surface area contributed by atoms with Crippen LogP contribution in [0, 0.1) is 13.8 Å². The van der Waals surface area contributed by atoms with E-state index < -0.39 is 5.41 Å². The first-order chi connectivity index (χ1) is 12.4. The van der Waals surface area contributed by atoms with Gasteiger partial charge in [-0.05, 0) is 69.9 Å². The molecule has 26 heavy (non-hydrogen) atoms. The van der Waals surface area contributed by atoms with Crippen LogP contribution in [0.15, 0.2) is 42.5 Å². The Morgan fingerprint density at radius 2 is 1.81 bits per heavy atom. The first kappa shape index (κ1) is 18.5. The van der Waals surface area contributed by atoms with Gasteiger partial charge in [-0.3, -0.25) is 4.79 Å². The van der Waals surface area contributed by atoms with Crippen LogP contribution in [-0.4, -0.2) is 12.0 Å². The molecular formula is C23H29NO2. The number of ether oxygens (including phenoxy) is 1. The topological polar surface area (TPSA) is 38.3 Å². The molecule has 0 atom stereocenters. The van der Waals surface area contributed by atoms with Crippen molar-refractivity contribution < 1.29 is 9.53 Å². The quantitative estimate of drug-likeness (QED) is 0.768. The lowest BCUT2D eigenvalue weighted by Crippen LogP contribution is -2.38. The van der Waals surface area contributed by atoms with Gasteiger partial charge in [0.2, 0.25) is 5.91 Å². The first-order valence-corrected chi connectivity index (χ1v) is 9.57. The Morgan fingerprint density at radius 1 is 1.08 bits per heavy atom. The molecule has 0 unspecified atom stereocenters. The van der Waals surface area contributed by atoms with E-state index in [1.165, 1.54) is 5.56 Å². The summed E-state index contributed by atoms with van der Waals surface area (Å²) < 4.78 is 5.79. The van der Waals surface area contributed by atoms with Crippen LogP contribution in [0.5, 0.6) is 5.75 Å². The Labute approximate surface area is 156 Å². The SMILES string of the molecule is Cc1cccc(C2(C(=O)Nc3ccc(OC(C)C)c(C)c3)CCCC2)c1. The molecule has 0 aromatic heterocycles. The number of aryl methyl sites for hydroxylation is 2. The van der Waals surface area contributed by atoms with Crippen molar-refractivity contribution in [3.8, 4) is 5.75 Å². The lowest BCUT2D eigenvalue weighted by molar-refractivity contribution is -0.121. The molecule has 0 heterocycles. The largest absolute Gasteiger partial charge is 0.491 e. The van der Waals surface area contributed by atoms with Gasteiger partial charge in [-0.1, -0.05) is 42.7 Å². The van der Waals surface area contributed by atoms with E-state index in [1.54, 1.807) is 0 Å². The van der Waals surface area contributed by atoms with Crippen LogP contribution in [-0.2, 0) is 10.2 Å². The lowest BCUT2D eigenvalue weighted by Gasteiger charge is -2.29. The molecule has 2 aromatic rings. The molecule has 2 aromatic carbocycles. The van der Waals surface area contributed by atoms with Gasteiger partial charge < -0.3 is 10.1 Å². The van der Waals surface area contributed by atoms with Gasteiger partial charge >= 0.3 is 0 Å². The van der Waals surface area contributed by atoms with Crippen LogP contribution >= 0.6 is 0 Å². The van der Waals surface area contributed by atoms with E-state index in [0.717, 1.165) is 48.2 Å². The highest BCUT2D eigenvalue weighted by Gasteiger charge is 2.42. The summed E-state index contributed by atoms with van der Waals surface area (Å²) in [6, 6.07) is 14.3. The second kappa shape index (κ2) is 7.53. The summed E-state index contributed by atoms with van der Waals surface area (Å²) in [7, 11) is 0. The highest BCUT2D eigenvalue weighted by molar-refractivity contribution is 5.99. The molecule has 3 heteroatoms. The maximum absolute atomic E-state index is 13.3. The normalized spacial score (nSPS) is 15.9. The zero-order chi connectivity index (χ0) is 18.7. The number of carbonyl (C=O) groups excluding carboxylic acids is 1. The van der Waals surface area contributed by atoms with Crippen molar-refractivity contribution in [2.75, 3.05) is 5.32 Å². The molecule has 1 saturated carbocycles. The highest BCUT2D eigenvalue weighted by Crippen LogP contribution is 2.42. The molecular weight excluding hydrogens is 322 g/mol. The van der Waals surface area contributed by atoms with Crippen molar-refractivity contribution in [2.24, 2.45) is 0 Å². The van der Waals surface area contributed by atoms with Crippen molar-refractivity contribution in [3.05, 3.63) is 59.2 Å². The van der Waals surface area contributed by atoms with Crippen molar-refractivity contribution in [3.63, 3.8) is 0 Å². The number of hydrogen-bond acceptors (Lipinski definition) is 2. The number of hydrogen-bond donors (Lipinski definition) is 1. The van der Waals surface area contributed by atoms with Gasteiger partial charge in [0.05, 0.1) is 11.5 Å². The van der Waals surface area contributed by atoms with Crippen LogP contribution in [0.25, 0.3) is 0 Å². The van der Waals surface area contributed by atoms with Crippen LogP contribution in [0.3, 0.4) is 0 Å². The minimum Gasteiger partial charge on any atom is -0.491 e. The number of amides is 1.